The molecule has 0 saturated heterocycles. The summed E-state index contributed by atoms with van der Waals surface area (Å²) in [5, 5.41) is 0. The number of carbonyl (C=O) groups is 2. The maximum atomic E-state index is 13.4. The molecule has 4 saturated carbocycles. The summed E-state index contributed by atoms with van der Waals surface area (Å²) in [6.07, 6.45) is 10.5. The van der Waals surface area contributed by atoms with E-state index < -0.39 is 0 Å². The van der Waals surface area contributed by atoms with E-state index in [1.54, 1.807) is 0 Å². The van der Waals surface area contributed by atoms with Crippen molar-refractivity contribution in [1.82, 2.24) is 0 Å². The number of rotatable bonds is 8. The molecule has 0 aromatic heterocycles. The highest BCUT2D eigenvalue weighted by molar-refractivity contribution is 7.75. The van der Waals surface area contributed by atoms with Crippen LogP contribution in [-0.2, 0) is 13.7 Å². The highest BCUT2D eigenvalue weighted by Crippen LogP contribution is 2.68. The van der Waals surface area contributed by atoms with Gasteiger partial charge in [-0.3, -0.25) is 4.79 Å². The summed E-state index contributed by atoms with van der Waals surface area (Å²) in [6.45, 7) is 11.9. The number of carbonyl (C=O) groups excluding carboxylic acids is 2. The molecule has 1 aromatic rings. The Morgan fingerprint density at radius 3 is 2.41 bits per heavy atom. The molecule has 0 spiro atoms. The van der Waals surface area contributed by atoms with Gasteiger partial charge in [-0.2, -0.15) is 0 Å². The predicted molar refractivity (Wildman–Crippen MR) is 158 cm³/mol. The molecule has 0 N–H and O–H groups in total. The molecule has 5 rings (SSSR count). The second kappa shape index (κ2) is 11.5. The third kappa shape index (κ3) is 5.36. The number of ketones is 1. The molecule has 5 heteroatoms. The number of benzene rings is 1. The van der Waals surface area contributed by atoms with E-state index in [-0.39, 0.29) is 29.0 Å². The van der Waals surface area contributed by atoms with Gasteiger partial charge >= 0.3 is 5.97 Å². The molecule has 10 atom stereocenters. The van der Waals surface area contributed by atoms with Crippen LogP contribution in [0.4, 0.5) is 0 Å². The van der Waals surface area contributed by atoms with E-state index in [1.807, 2.05) is 30.3 Å². The molecular formula is C34H50O4S. The third-order valence-electron chi connectivity index (χ3n) is 12.3. The fourth-order valence-electron chi connectivity index (χ4n) is 10.0. The first kappa shape index (κ1) is 29.2. The fraction of sp³-hybridized carbons (Fsp3) is 0.765. The molecule has 1 aromatic carbocycles. The minimum absolute atomic E-state index is 0.103. The zero-order valence-corrected chi connectivity index (χ0v) is 25.6. The molecule has 4 aliphatic rings. The normalized spacial score (nSPS) is 39.4. The van der Waals surface area contributed by atoms with Crippen LogP contribution in [-0.4, -0.2) is 24.0 Å². The van der Waals surface area contributed by atoms with Crippen LogP contribution in [0.3, 0.4) is 0 Å². The van der Waals surface area contributed by atoms with Crippen LogP contribution in [0.2, 0.25) is 0 Å². The number of Topliss-reactive ketones (excluding diaryl/α,β-unsaturated/α-hetero) is 1. The second-order valence-corrected chi connectivity index (χ2v) is 14.7. The molecule has 0 heterocycles. The number of fused-ring (bicyclic) bond motifs is 5. The fourth-order valence-corrected chi connectivity index (χ4v) is 10.4. The molecule has 216 valence electrons. The Labute approximate surface area is 242 Å². The van der Waals surface area contributed by atoms with E-state index in [0.29, 0.717) is 59.2 Å². The Bertz CT molecular complexity index is 1030. The Balaban J connectivity index is 1.40. The summed E-state index contributed by atoms with van der Waals surface area (Å²) in [6, 6.07) is 9.45. The zero-order valence-electron chi connectivity index (χ0n) is 24.7. The van der Waals surface area contributed by atoms with Crippen molar-refractivity contribution in [2.45, 2.75) is 111 Å². The van der Waals surface area contributed by atoms with Crippen molar-refractivity contribution in [3.05, 3.63) is 35.9 Å². The first-order chi connectivity index (χ1) is 18.6. The van der Waals surface area contributed by atoms with E-state index in [2.05, 4.69) is 47.5 Å². The smallest absolute Gasteiger partial charge is 0.338 e. The Kier molecular flexibility index (Phi) is 8.61. The lowest BCUT2D eigenvalue weighted by molar-refractivity contribution is -0.170. The minimum atomic E-state index is -0.202. The van der Waals surface area contributed by atoms with Crippen molar-refractivity contribution < 1.29 is 18.5 Å². The largest absolute Gasteiger partial charge is 0.458 e. The number of thiol groups is 1. The standard InChI is InChI=1S/C34H50O4S/c1-21(2)29(38-39)14-11-22(3)26-12-13-27-31-28(16-18-34(26,27)5)33(4)17-15-25(35)19-24(33)20-30(31)37-32(36)23-9-7-6-8-10-23/h6-10,21-22,24,26-31,39H,11-20H2,1-5H3/t22?,24-,26?,27?,28?,29?,30-,31?,33?,34?/m1/s1. The Morgan fingerprint density at radius 2 is 1.72 bits per heavy atom. The lowest BCUT2D eigenvalue weighted by Crippen LogP contribution is -2.59. The van der Waals surface area contributed by atoms with E-state index in [4.69, 9.17) is 8.92 Å². The van der Waals surface area contributed by atoms with Gasteiger partial charge in [-0.15, -0.1) is 0 Å². The molecular weight excluding hydrogens is 504 g/mol. The van der Waals surface area contributed by atoms with Crippen LogP contribution < -0.4 is 0 Å². The van der Waals surface area contributed by atoms with E-state index in [1.165, 1.54) is 32.1 Å². The van der Waals surface area contributed by atoms with Gasteiger partial charge < -0.3 is 8.92 Å². The Hall–Kier alpha value is -1.33. The van der Waals surface area contributed by atoms with Crippen LogP contribution in [0.1, 0.15) is 109 Å². The molecule has 4 nitrogen and oxygen atoms in total. The quantitative estimate of drug-likeness (QED) is 0.199. The summed E-state index contributed by atoms with van der Waals surface area (Å²) >= 11 is 4.16. The minimum Gasteiger partial charge on any atom is -0.458 e. The van der Waals surface area contributed by atoms with Crippen LogP contribution in [0, 0.1) is 52.3 Å². The number of esters is 1. The van der Waals surface area contributed by atoms with Crippen molar-refractivity contribution in [3.63, 3.8) is 0 Å². The number of ether oxygens (including phenoxy) is 1. The van der Waals surface area contributed by atoms with E-state index in [0.717, 1.165) is 25.7 Å². The van der Waals surface area contributed by atoms with Gasteiger partial charge in [-0.1, -0.05) is 52.8 Å². The lowest BCUT2D eigenvalue weighted by atomic mass is 9.43. The molecule has 8 unspecified atom stereocenters. The van der Waals surface area contributed by atoms with Gasteiger partial charge in [0.25, 0.3) is 0 Å². The number of hydrogen-bond donors (Lipinski definition) is 1. The highest BCUT2D eigenvalue weighted by atomic mass is 32.1. The van der Waals surface area contributed by atoms with Crippen molar-refractivity contribution >= 4 is 24.7 Å². The molecule has 4 aliphatic carbocycles. The van der Waals surface area contributed by atoms with Gasteiger partial charge in [0.1, 0.15) is 11.9 Å². The van der Waals surface area contributed by atoms with Crippen molar-refractivity contribution in [3.8, 4) is 0 Å². The Morgan fingerprint density at radius 1 is 1.00 bits per heavy atom. The first-order valence-electron chi connectivity index (χ1n) is 15.7. The van der Waals surface area contributed by atoms with Crippen LogP contribution in [0.15, 0.2) is 30.3 Å². The maximum absolute atomic E-state index is 13.4. The third-order valence-corrected chi connectivity index (χ3v) is 12.6. The van der Waals surface area contributed by atoms with Crippen LogP contribution in [0.25, 0.3) is 0 Å². The van der Waals surface area contributed by atoms with E-state index >= 15 is 0 Å². The maximum Gasteiger partial charge on any atom is 0.338 e. The molecule has 0 amide bonds. The van der Waals surface area contributed by atoms with Gasteiger partial charge in [0.2, 0.25) is 0 Å². The molecule has 0 aliphatic heterocycles. The summed E-state index contributed by atoms with van der Waals surface area (Å²) in [5.41, 5.74) is 1.07. The average Bonchev–Trinajstić information content (AvgIpc) is 3.27. The molecule has 39 heavy (non-hydrogen) atoms. The number of hydrogen-bond acceptors (Lipinski definition) is 5. The highest BCUT2D eigenvalue weighted by Gasteiger charge is 2.63. The average molecular weight is 555 g/mol. The van der Waals surface area contributed by atoms with Crippen LogP contribution in [0.5, 0.6) is 0 Å². The molecule has 0 bridgehead atoms. The van der Waals surface area contributed by atoms with Gasteiger partial charge in [0.15, 0.2) is 0 Å². The monoisotopic (exact) mass is 554 g/mol. The second-order valence-electron chi connectivity index (χ2n) is 14.5. The van der Waals surface area contributed by atoms with E-state index in [9.17, 15) is 9.59 Å². The SMILES string of the molecule is CC(C)C(CCC(C)C1CCC2C3C(CCC12C)C1(C)CCC(=O)C[C@@H]1C[C@H]3OC(=O)c1ccccc1)OS. The summed E-state index contributed by atoms with van der Waals surface area (Å²) in [7, 11) is 0. The summed E-state index contributed by atoms with van der Waals surface area (Å²) in [4.78, 5) is 25.9. The topological polar surface area (TPSA) is 52.6 Å². The van der Waals surface area contributed by atoms with Crippen molar-refractivity contribution in [2.75, 3.05) is 0 Å². The molecule has 0 radical (unpaired) electrons. The lowest BCUT2D eigenvalue weighted by Gasteiger charge is -2.62. The van der Waals surface area contributed by atoms with Gasteiger partial charge in [-0.25, -0.2) is 4.79 Å². The van der Waals surface area contributed by atoms with Gasteiger partial charge in [0, 0.05) is 18.8 Å². The zero-order chi connectivity index (χ0) is 27.9. The van der Waals surface area contributed by atoms with Crippen molar-refractivity contribution in [1.29, 1.82) is 0 Å². The van der Waals surface area contributed by atoms with Gasteiger partial charge in [-0.05, 0) is 123 Å². The van der Waals surface area contributed by atoms with Crippen LogP contribution >= 0.6 is 12.9 Å². The van der Waals surface area contributed by atoms with Crippen molar-refractivity contribution in [2.24, 2.45) is 52.3 Å². The summed E-state index contributed by atoms with van der Waals surface area (Å²) in [5.74, 6) is 3.76. The molecule has 4 fully saturated rings. The predicted octanol–water partition coefficient (Wildman–Crippen LogP) is 8.35. The first-order valence-corrected chi connectivity index (χ1v) is 16.0. The van der Waals surface area contributed by atoms with Gasteiger partial charge in [0.05, 0.1) is 11.7 Å². The summed E-state index contributed by atoms with van der Waals surface area (Å²) < 4.78 is 12.0.